The summed E-state index contributed by atoms with van der Waals surface area (Å²) in [4.78, 5) is 12.9. The number of hydrogen-bond donors (Lipinski definition) is 1. The van der Waals surface area contributed by atoms with Crippen LogP contribution in [0, 0.1) is 6.92 Å². The molecule has 1 aromatic carbocycles. The van der Waals surface area contributed by atoms with E-state index in [1.165, 1.54) is 107 Å². The minimum absolute atomic E-state index is 0.695. The van der Waals surface area contributed by atoms with Crippen LogP contribution in [0.1, 0.15) is 129 Å². The number of hydrogen-bond acceptors (Lipinski definition) is 2. The summed E-state index contributed by atoms with van der Waals surface area (Å²) in [5.74, 6) is -0.695. The molecule has 2 nitrogen and oxygen atoms in total. The first-order chi connectivity index (χ1) is 15.0. The van der Waals surface area contributed by atoms with Crippen LogP contribution in [0.15, 0.2) is 29.2 Å². The monoisotopic (exact) mass is 448 g/mol. The molecule has 0 aliphatic rings. The van der Waals surface area contributed by atoms with Crippen molar-refractivity contribution in [1.82, 2.24) is 0 Å². The highest BCUT2D eigenvalue weighted by Crippen LogP contribution is 2.37. The summed E-state index contributed by atoms with van der Waals surface area (Å²) in [7, 11) is 0. The summed E-state index contributed by atoms with van der Waals surface area (Å²) in [6.07, 6.45) is 22.2. The Bertz CT molecular complexity index is 569. The summed E-state index contributed by atoms with van der Waals surface area (Å²) in [5, 5.41) is 9.75. The van der Waals surface area contributed by atoms with Gasteiger partial charge < -0.3 is 5.11 Å². The second-order valence-corrected chi connectivity index (χ2v) is 11.1. The molecule has 31 heavy (non-hydrogen) atoms. The Morgan fingerprint density at radius 1 is 0.742 bits per heavy atom. The third kappa shape index (κ3) is 13.9. The fraction of sp³-hybridized carbons (Fsp3) is 0.750. The zero-order valence-electron chi connectivity index (χ0n) is 20.6. The van der Waals surface area contributed by atoms with Crippen molar-refractivity contribution in [1.29, 1.82) is 0 Å². The van der Waals surface area contributed by atoms with Gasteiger partial charge in [-0.2, -0.15) is 0 Å². The van der Waals surface area contributed by atoms with Gasteiger partial charge in [0.2, 0.25) is 0 Å². The molecule has 1 N–H and O–H groups in total. The van der Waals surface area contributed by atoms with Gasteiger partial charge in [-0.15, -0.1) is 11.8 Å². The highest BCUT2D eigenvalue weighted by molar-refractivity contribution is 8.01. The number of thioether (sulfide) groups is 1. The molecule has 0 heterocycles. The van der Waals surface area contributed by atoms with Crippen LogP contribution in [0.25, 0.3) is 0 Å². The third-order valence-corrected chi connectivity index (χ3v) is 7.66. The highest BCUT2D eigenvalue weighted by atomic mass is 32.2. The van der Waals surface area contributed by atoms with Gasteiger partial charge in [0.15, 0.2) is 0 Å². The minimum atomic E-state index is -0.731. The summed E-state index contributed by atoms with van der Waals surface area (Å²) in [6, 6.07) is 8.18. The Balaban J connectivity index is 2.00. The maximum atomic E-state index is 11.9. The number of carbonyl (C=O) groups is 1. The van der Waals surface area contributed by atoms with Crippen molar-refractivity contribution in [3.05, 3.63) is 29.8 Å². The van der Waals surface area contributed by atoms with Crippen LogP contribution in [0.5, 0.6) is 0 Å². The summed E-state index contributed by atoms with van der Waals surface area (Å²) < 4.78 is -0.731. The standard InChI is InChI=1S/C28H48O2S/c1-4-5-6-7-8-9-10-11-12-13-14-15-16-17-18-19-24-28(3,27(29)30)31-26-22-20-25(2)21-23-26/h20-23H,4-19,24H2,1-3H3,(H,29,30). The van der Waals surface area contributed by atoms with Crippen LogP contribution < -0.4 is 0 Å². The summed E-state index contributed by atoms with van der Waals surface area (Å²) >= 11 is 1.50. The summed E-state index contributed by atoms with van der Waals surface area (Å²) in [5.41, 5.74) is 1.21. The molecular weight excluding hydrogens is 400 g/mol. The van der Waals surface area contributed by atoms with Gasteiger partial charge in [0.05, 0.1) is 0 Å². The van der Waals surface area contributed by atoms with Gasteiger partial charge in [-0.1, -0.05) is 127 Å². The van der Waals surface area contributed by atoms with Crippen LogP contribution in [0.3, 0.4) is 0 Å². The van der Waals surface area contributed by atoms with Gasteiger partial charge >= 0.3 is 5.97 Å². The van der Waals surface area contributed by atoms with Crippen molar-refractivity contribution < 1.29 is 9.90 Å². The largest absolute Gasteiger partial charge is 0.480 e. The van der Waals surface area contributed by atoms with Crippen molar-refractivity contribution in [3.8, 4) is 0 Å². The topological polar surface area (TPSA) is 37.3 Å². The SMILES string of the molecule is CCCCCCCCCCCCCCCCCCC(C)(Sc1ccc(C)cc1)C(=O)O. The lowest BCUT2D eigenvalue weighted by atomic mass is 10.0. The van der Waals surface area contributed by atoms with Crippen molar-refractivity contribution in [2.45, 2.75) is 140 Å². The number of rotatable bonds is 20. The Hall–Kier alpha value is -0.960. The van der Waals surface area contributed by atoms with Gasteiger partial charge in [-0.25, -0.2) is 0 Å². The molecule has 1 rings (SSSR count). The lowest BCUT2D eigenvalue weighted by molar-refractivity contribution is -0.139. The normalized spacial score (nSPS) is 13.3. The predicted octanol–water partition coefficient (Wildman–Crippen LogP) is 9.58. The molecule has 0 saturated heterocycles. The minimum Gasteiger partial charge on any atom is -0.480 e. The lowest BCUT2D eigenvalue weighted by Crippen LogP contribution is -2.31. The number of aliphatic carboxylic acids is 1. The van der Waals surface area contributed by atoms with Gasteiger partial charge in [0.1, 0.15) is 4.75 Å². The smallest absolute Gasteiger partial charge is 0.319 e. The lowest BCUT2D eigenvalue weighted by Gasteiger charge is -2.24. The molecule has 0 aliphatic carbocycles. The van der Waals surface area contributed by atoms with Crippen LogP contribution in [0.2, 0.25) is 0 Å². The van der Waals surface area contributed by atoms with Crippen molar-refractivity contribution in [2.75, 3.05) is 0 Å². The zero-order chi connectivity index (χ0) is 22.8. The number of unbranched alkanes of at least 4 members (excludes halogenated alkanes) is 15. The van der Waals surface area contributed by atoms with E-state index in [1.807, 2.05) is 19.1 Å². The van der Waals surface area contributed by atoms with Crippen molar-refractivity contribution in [3.63, 3.8) is 0 Å². The van der Waals surface area contributed by atoms with Gasteiger partial charge in [-0.05, 0) is 32.4 Å². The quantitative estimate of drug-likeness (QED) is 0.159. The molecule has 0 aromatic heterocycles. The maximum Gasteiger partial charge on any atom is 0.319 e. The molecule has 0 bridgehead atoms. The van der Waals surface area contributed by atoms with Crippen LogP contribution in [-0.4, -0.2) is 15.8 Å². The van der Waals surface area contributed by atoms with Crippen LogP contribution in [-0.2, 0) is 4.79 Å². The van der Waals surface area contributed by atoms with E-state index in [0.717, 1.165) is 24.2 Å². The average Bonchev–Trinajstić information content (AvgIpc) is 2.75. The number of carboxylic acids is 1. The van der Waals surface area contributed by atoms with Crippen LogP contribution in [0.4, 0.5) is 0 Å². The van der Waals surface area contributed by atoms with E-state index >= 15 is 0 Å². The van der Waals surface area contributed by atoms with Crippen molar-refractivity contribution >= 4 is 17.7 Å². The summed E-state index contributed by atoms with van der Waals surface area (Å²) in [6.45, 7) is 6.22. The van der Waals surface area contributed by atoms with E-state index in [1.54, 1.807) is 0 Å². The molecular formula is C28H48O2S. The molecule has 0 spiro atoms. The molecule has 0 saturated carbocycles. The third-order valence-electron chi connectivity index (χ3n) is 6.32. The molecule has 0 radical (unpaired) electrons. The Kier molecular flexibility index (Phi) is 15.9. The first-order valence-corrected chi connectivity index (χ1v) is 13.8. The van der Waals surface area contributed by atoms with Gasteiger partial charge in [0, 0.05) is 4.90 Å². The molecule has 0 fully saturated rings. The Labute approximate surface area is 197 Å². The predicted molar refractivity (Wildman–Crippen MR) is 137 cm³/mol. The maximum absolute atomic E-state index is 11.9. The fourth-order valence-electron chi connectivity index (χ4n) is 4.08. The van der Waals surface area contributed by atoms with E-state index < -0.39 is 10.7 Å². The molecule has 178 valence electrons. The van der Waals surface area contributed by atoms with E-state index in [9.17, 15) is 9.90 Å². The second kappa shape index (κ2) is 17.6. The van der Waals surface area contributed by atoms with E-state index in [2.05, 4.69) is 26.0 Å². The molecule has 0 amide bonds. The zero-order valence-corrected chi connectivity index (χ0v) is 21.4. The number of aryl methyl sites for hydroxylation is 1. The van der Waals surface area contributed by atoms with Crippen LogP contribution >= 0.6 is 11.8 Å². The van der Waals surface area contributed by atoms with E-state index in [4.69, 9.17) is 0 Å². The molecule has 1 unspecified atom stereocenters. The highest BCUT2D eigenvalue weighted by Gasteiger charge is 2.33. The second-order valence-electron chi connectivity index (χ2n) is 9.50. The Morgan fingerprint density at radius 3 is 1.52 bits per heavy atom. The van der Waals surface area contributed by atoms with Crippen molar-refractivity contribution in [2.24, 2.45) is 0 Å². The average molecular weight is 449 g/mol. The first-order valence-electron chi connectivity index (χ1n) is 13.0. The molecule has 1 aromatic rings. The fourth-order valence-corrected chi connectivity index (χ4v) is 5.20. The first kappa shape index (κ1) is 28.1. The molecule has 1 atom stereocenters. The number of carboxylic acid groups (broad SMARTS) is 1. The van der Waals surface area contributed by atoms with E-state index in [0.29, 0.717) is 0 Å². The van der Waals surface area contributed by atoms with Gasteiger partial charge in [-0.3, -0.25) is 4.79 Å². The Morgan fingerprint density at radius 2 is 1.13 bits per heavy atom. The molecule has 3 heteroatoms. The van der Waals surface area contributed by atoms with Gasteiger partial charge in [0.25, 0.3) is 0 Å². The van der Waals surface area contributed by atoms with E-state index in [-0.39, 0.29) is 0 Å². The number of benzene rings is 1. The molecule has 0 aliphatic heterocycles.